The van der Waals surface area contributed by atoms with Crippen LogP contribution in [0.4, 0.5) is 0 Å². The Bertz CT molecular complexity index is 359. The van der Waals surface area contributed by atoms with Crippen molar-refractivity contribution in [3.8, 4) is 5.75 Å². The van der Waals surface area contributed by atoms with Crippen LogP contribution in [-0.4, -0.2) is 18.3 Å². The van der Waals surface area contributed by atoms with E-state index < -0.39 is 6.10 Å². The molecule has 1 unspecified atom stereocenters. The predicted octanol–water partition coefficient (Wildman–Crippen LogP) is 2.89. The van der Waals surface area contributed by atoms with Gasteiger partial charge in [0, 0.05) is 12.0 Å². The molecule has 3 heteroatoms. The van der Waals surface area contributed by atoms with Crippen molar-refractivity contribution in [1.82, 2.24) is 0 Å². The van der Waals surface area contributed by atoms with E-state index in [4.69, 9.17) is 16.3 Å². The minimum atomic E-state index is -0.393. The van der Waals surface area contributed by atoms with E-state index in [9.17, 15) is 5.11 Å². The van der Waals surface area contributed by atoms with Crippen LogP contribution in [0.15, 0.2) is 6.07 Å². The van der Waals surface area contributed by atoms with Crippen molar-refractivity contribution >= 4 is 11.6 Å². The van der Waals surface area contributed by atoms with E-state index in [2.05, 4.69) is 0 Å². The molecule has 84 valence electrons. The van der Waals surface area contributed by atoms with Crippen LogP contribution in [0.1, 0.15) is 23.6 Å². The predicted molar refractivity (Wildman–Crippen MR) is 62.9 cm³/mol. The summed E-state index contributed by atoms with van der Waals surface area (Å²) in [6.45, 7) is 5.78. The lowest BCUT2D eigenvalue weighted by Crippen LogP contribution is -2.08. The first-order chi connectivity index (χ1) is 6.97. The van der Waals surface area contributed by atoms with Crippen LogP contribution in [0.3, 0.4) is 0 Å². The third-order valence-electron chi connectivity index (χ3n) is 2.58. The van der Waals surface area contributed by atoms with Gasteiger partial charge in [-0.05, 0) is 38.0 Å². The molecule has 0 bridgehead atoms. The second-order valence-electron chi connectivity index (χ2n) is 3.87. The molecule has 0 fully saturated rings. The summed E-state index contributed by atoms with van der Waals surface area (Å²) in [6.07, 6.45) is 0.173. The minimum absolute atomic E-state index is 0.393. The van der Waals surface area contributed by atoms with Crippen LogP contribution < -0.4 is 4.74 Å². The first-order valence-corrected chi connectivity index (χ1v) is 5.35. The van der Waals surface area contributed by atoms with Crippen molar-refractivity contribution < 1.29 is 9.84 Å². The molecule has 0 aliphatic rings. The largest absolute Gasteiger partial charge is 0.495 e. The summed E-state index contributed by atoms with van der Waals surface area (Å²) in [4.78, 5) is 0. The van der Waals surface area contributed by atoms with Gasteiger partial charge in [-0.15, -0.1) is 0 Å². The molecule has 0 aromatic heterocycles. The number of aliphatic hydroxyl groups excluding tert-OH is 1. The monoisotopic (exact) mass is 228 g/mol. The molecule has 0 saturated carbocycles. The Kier molecular flexibility index (Phi) is 4.00. The van der Waals surface area contributed by atoms with Gasteiger partial charge in [0.2, 0.25) is 0 Å². The third-order valence-corrected chi connectivity index (χ3v) is 2.86. The fraction of sp³-hybridized carbons (Fsp3) is 0.500. The van der Waals surface area contributed by atoms with Crippen molar-refractivity contribution in [2.45, 2.75) is 33.3 Å². The minimum Gasteiger partial charge on any atom is -0.495 e. The quantitative estimate of drug-likeness (QED) is 0.862. The van der Waals surface area contributed by atoms with Crippen molar-refractivity contribution in [2.75, 3.05) is 7.11 Å². The summed E-state index contributed by atoms with van der Waals surface area (Å²) in [5.41, 5.74) is 3.26. The summed E-state index contributed by atoms with van der Waals surface area (Å²) in [6, 6.07) is 1.89. The molecule has 1 aromatic carbocycles. The molecule has 0 saturated heterocycles. The number of halogens is 1. The molecule has 0 heterocycles. The summed E-state index contributed by atoms with van der Waals surface area (Å²) in [7, 11) is 1.60. The highest BCUT2D eigenvalue weighted by atomic mass is 35.5. The molecule has 0 aliphatic carbocycles. The van der Waals surface area contributed by atoms with Crippen LogP contribution in [0, 0.1) is 13.8 Å². The summed E-state index contributed by atoms with van der Waals surface area (Å²) >= 11 is 6.08. The number of aliphatic hydroxyl groups is 1. The van der Waals surface area contributed by atoms with Crippen molar-refractivity contribution in [3.63, 3.8) is 0 Å². The number of hydrogen-bond acceptors (Lipinski definition) is 2. The van der Waals surface area contributed by atoms with Crippen LogP contribution in [0.25, 0.3) is 0 Å². The maximum absolute atomic E-state index is 9.43. The molecule has 0 amide bonds. The maximum atomic E-state index is 9.43. The topological polar surface area (TPSA) is 29.5 Å². The molecule has 1 rings (SSSR count). The number of aryl methyl sites for hydroxylation is 1. The Labute approximate surface area is 95.8 Å². The lowest BCUT2D eigenvalue weighted by molar-refractivity contribution is 0.194. The van der Waals surface area contributed by atoms with Crippen molar-refractivity contribution in [1.29, 1.82) is 0 Å². The number of ether oxygens (including phenoxy) is 1. The highest BCUT2D eigenvalue weighted by Gasteiger charge is 2.14. The Morgan fingerprint density at radius 3 is 2.53 bits per heavy atom. The average molecular weight is 229 g/mol. The lowest BCUT2D eigenvalue weighted by Gasteiger charge is -2.16. The van der Waals surface area contributed by atoms with E-state index in [0.717, 1.165) is 16.7 Å². The highest BCUT2D eigenvalue weighted by Crippen LogP contribution is 2.34. The van der Waals surface area contributed by atoms with Gasteiger partial charge in [-0.25, -0.2) is 0 Å². The third kappa shape index (κ3) is 2.64. The molecule has 0 radical (unpaired) electrons. The molecule has 1 aromatic rings. The zero-order chi connectivity index (χ0) is 11.6. The second-order valence-corrected chi connectivity index (χ2v) is 4.27. The average Bonchev–Trinajstić information content (AvgIpc) is 2.13. The van der Waals surface area contributed by atoms with Gasteiger partial charge >= 0.3 is 0 Å². The van der Waals surface area contributed by atoms with E-state index in [0.29, 0.717) is 17.2 Å². The van der Waals surface area contributed by atoms with E-state index in [-0.39, 0.29) is 0 Å². The van der Waals surface area contributed by atoms with E-state index >= 15 is 0 Å². The molecule has 1 atom stereocenters. The van der Waals surface area contributed by atoms with Crippen LogP contribution in [-0.2, 0) is 6.42 Å². The molecular weight excluding hydrogens is 212 g/mol. The number of hydrogen-bond donors (Lipinski definition) is 1. The van der Waals surface area contributed by atoms with Gasteiger partial charge < -0.3 is 9.84 Å². The summed E-state index contributed by atoms with van der Waals surface area (Å²) < 4.78 is 5.27. The van der Waals surface area contributed by atoms with Gasteiger partial charge in [0.1, 0.15) is 5.75 Å². The van der Waals surface area contributed by atoms with Crippen LogP contribution >= 0.6 is 11.6 Å². The van der Waals surface area contributed by atoms with Gasteiger partial charge in [-0.2, -0.15) is 0 Å². The fourth-order valence-corrected chi connectivity index (χ4v) is 2.03. The number of rotatable bonds is 3. The highest BCUT2D eigenvalue weighted by molar-refractivity contribution is 6.32. The van der Waals surface area contributed by atoms with Gasteiger partial charge in [0.15, 0.2) is 0 Å². The Morgan fingerprint density at radius 2 is 2.07 bits per heavy atom. The molecule has 1 N–H and O–H groups in total. The first kappa shape index (κ1) is 12.3. The van der Waals surface area contributed by atoms with Gasteiger partial charge in [0.25, 0.3) is 0 Å². The van der Waals surface area contributed by atoms with Crippen LogP contribution in [0.5, 0.6) is 5.75 Å². The molecular formula is C12H17ClO2. The molecule has 0 spiro atoms. The summed E-state index contributed by atoms with van der Waals surface area (Å²) in [5.74, 6) is 0.681. The maximum Gasteiger partial charge on any atom is 0.141 e. The van der Waals surface area contributed by atoms with Crippen molar-refractivity contribution in [2.24, 2.45) is 0 Å². The van der Waals surface area contributed by atoms with E-state index in [1.165, 1.54) is 0 Å². The lowest BCUT2D eigenvalue weighted by atomic mass is 9.98. The smallest absolute Gasteiger partial charge is 0.141 e. The second kappa shape index (κ2) is 4.86. The van der Waals surface area contributed by atoms with Gasteiger partial charge in [-0.3, -0.25) is 0 Å². The van der Waals surface area contributed by atoms with Crippen molar-refractivity contribution in [3.05, 3.63) is 27.8 Å². The number of methoxy groups -OCH3 is 1. The first-order valence-electron chi connectivity index (χ1n) is 4.98. The van der Waals surface area contributed by atoms with E-state index in [1.807, 2.05) is 19.9 Å². The Balaban J connectivity index is 3.30. The van der Waals surface area contributed by atoms with E-state index in [1.54, 1.807) is 14.0 Å². The van der Waals surface area contributed by atoms with Gasteiger partial charge in [0.05, 0.1) is 18.2 Å². The Morgan fingerprint density at radius 1 is 1.47 bits per heavy atom. The standard InChI is InChI=1S/C12H17ClO2/c1-7-5-11(13)12(15-4)10(9(7)3)6-8(2)14/h5,8,14H,6H2,1-4H3. The Hall–Kier alpha value is -0.730. The fourth-order valence-electron chi connectivity index (χ4n) is 1.68. The normalized spacial score (nSPS) is 12.7. The molecule has 0 aliphatic heterocycles. The zero-order valence-electron chi connectivity index (χ0n) is 9.60. The number of benzene rings is 1. The van der Waals surface area contributed by atoms with Gasteiger partial charge in [-0.1, -0.05) is 11.6 Å². The summed E-state index contributed by atoms with van der Waals surface area (Å²) in [5, 5.41) is 10.0. The SMILES string of the molecule is COc1c(Cl)cc(C)c(C)c1CC(C)O. The molecule has 2 nitrogen and oxygen atoms in total. The zero-order valence-corrected chi connectivity index (χ0v) is 10.4. The van der Waals surface area contributed by atoms with Crippen LogP contribution in [0.2, 0.25) is 5.02 Å². The molecule has 15 heavy (non-hydrogen) atoms.